The quantitative estimate of drug-likeness (QED) is 0.611. The van der Waals surface area contributed by atoms with Crippen LogP contribution >= 0.6 is 15.9 Å². The number of methoxy groups -OCH3 is 1. The number of carbonyl (C=O) groups is 1. The van der Waals surface area contributed by atoms with Gasteiger partial charge < -0.3 is 14.4 Å². The second kappa shape index (κ2) is 6.90. The number of nitrogens with zero attached hydrogens (tertiary/aromatic N) is 1. The minimum absolute atomic E-state index is 0.115. The van der Waals surface area contributed by atoms with E-state index in [1.807, 2.05) is 31.2 Å². The smallest absolute Gasteiger partial charge is 0.241 e. The molecule has 0 aromatic heterocycles. The zero-order valence-electron chi connectivity index (χ0n) is 11.6. The van der Waals surface area contributed by atoms with Crippen molar-refractivity contribution in [3.8, 4) is 5.75 Å². The number of alkyl halides is 1. The van der Waals surface area contributed by atoms with Gasteiger partial charge in [0.15, 0.2) is 6.79 Å². The molecule has 0 saturated carbocycles. The highest BCUT2D eigenvalue weighted by atomic mass is 79.9. The molecule has 1 aromatic rings. The molecule has 2 rings (SSSR count). The Labute approximate surface area is 127 Å². The van der Waals surface area contributed by atoms with E-state index in [0.717, 1.165) is 17.0 Å². The average Bonchev–Trinajstić information content (AvgIpc) is 2.48. The maximum Gasteiger partial charge on any atom is 0.241 e. The minimum Gasteiger partial charge on any atom is -0.468 e. The van der Waals surface area contributed by atoms with Gasteiger partial charge in [-0.15, -0.1) is 0 Å². The summed E-state index contributed by atoms with van der Waals surface area (Å²) in [6.45, 7) is 2.87. The van der Waals surface area contributed by atoms with Crippen molar-refractivity contribution in [2.24, 2.45) is 0 Å². The van der Waals surface area contributed by atoms with E-state index in [1.54, 1.807) is 12.0 Å². The molecule has 1 heterocycles. The second-order valence-electron chi connectivity index (χ2n) is 4.45. The third kappa shape index (κ3) is 3.22. The monoisotopic (exact) mass is 339 g/mol. The van der Waals surface area contributed by atoms with Crippen molar-refractivity contribution in [3.05, 3.63) is 35.9 Å². The summed E-state index contributed by atoms with van der Waals surface area (Å²) in [6.07, 6.45) is 2.81. The molecule has 1 aliphatic heterocycles. The highest BCUT2D eigenvalue weighted by Crippen LogP contribution is 2.29. The van der Waals surface area contributed by atoms with Crippen LogP contribution in [-0.4, -0.2) is 36.1 Å². The molecule has 1 unspecified atom stereocenters. The fourth-order valence-corrected chi connectivity index (χ4v) is 2.60. The highest BCUT2D eigenvalue weighted by molar-refractivity contribution is 9.10. The van der Waals surface area contributed by atoms with E-state index in [2.05, 4.69) is 22.0 Å². The Morgan fingerprint density at radius 2 is 2.05 bits per heavy atom. The predicted molar refractivity (Wildman–Crippen MR) is 81.6 cm³/mol. The van der Waals surface area contributed by atoms with E-state index in [1.165, 1.54) is 0 Å². The Morgan fingerprint density at radius 1 is 1.35 bits per heavy atom. The molecule has 1 aliphatic rings. The number of benzene rings is 1. The number of allylic oxidation sites excluding steroid dienone is 1. The fourth-order valence-electron chi connectivity index (χ4n) is 2.16. The number of ether oxygens (including phenoxy) is 2. The van der Waals surface area contributed by atoms with Crippen LogP contribution in [0, 0.1) is 0 Å². The van der Waals surface area contributed by atoms with Crippen LogP contribution < -0.4 is 4.74 Å². The lowest BCUT2D eigenvalue weighted by atomic mass is 10.0. The number of hydrogen-bond acceptors (Lipinski definition) is 3. The predicted octanol–water partition coefficient (Wildman–Crippen LogP) is 3.03. The average molecular weight is 340 g/mol. The van der Waals surface area contributed by atoms with Gasteiger partial charge in [-0.1, -0.05) is 22.0 Å². The molecule has 1 amide bonds. The molecule has 1 aromatic carbocycles. The number of hydrogen-bond donors (Lipinski definition) is 0. The van der Waals surface area contributed by atoms with Crippen LogP contribution in [-0.2, 0) is 9.53 Å². The van der Waals surface area contributed by atoms with Crippen molar-refractivity contribution in [2.75, 3.05) is 20.4 Å². The highest BCUT2D eigenvalue weighted by Gasteiger charge is 2.27. The maximum absolute atomic E-state index is 12.1. The van der Waals surface area contributed by atoms with Gasteiger partial charge in [0.25, 0.3) is 0 Å². The Hall–Kier alpha value is -1.33. The first-order chi connectivity index (χ1) is 9.67. The van der Waals surface area contributed by atoms with E-state index in [-0.39, 0.29) is 17.5 Å². The minimum atomic E-state index is -0.115. The Morgan fingerprint density at radius 3 is 2.65 bits per heavy atom. The molecule has 0 fully saturated rings. The Balaban J connectivity index is 2.19. The first-order valence-electron chi connectivity index (χ1n) is 6.55. The number of rotatable bonds is 5. The lowest BCUT2D eigenvalue weighted by Gasteiger charge is -2.30. The second-order valence-corrected chi connectivity index (χ2v) is 5.56. The molecular formula is C15H18BrNO3. The van der Waals surface area contributed by atoms with Gasteiger partial charge in [0.2, 0.25) is 5.91 Å². The van der Waals surface area contributed by atoms with Crippen molar-refractivity contribution in [3.63, 3.8) is 0 Å². The van der Waals surface area contributed by atoms with Gasteiger partial charge in [-0.2, -0.15) is 0 Å². The molecular weight excluding hydrogens is 322 g/mol. The number of carbonyl (C=O) groups excluding carboxylic acids is 1. The lowest BCUT2D eigenvalue weighted by Crippen LogP contribution is -2.38. The van der Waals surface area contributed by atoms with Crippen LogP contribution in [0.1, 0.15) is 18.9 Å². The summed E-state index contributed by atoms with van der Waals surface area (Å²) in [5, 5.41) is 0. The van der Waals surface area contributed by atoms with Crippen molar-refractivity contribution in [1.82, 2.24) is 4.90 Å². The van der Waals surface area contributed by atoms with Crippen LogP contribution in [0.5, 0.6) is 5.75 Å². The zero-order valence-corrected chi connectivity index (χ0v) is 13.2. The topological polar surface area (TPSA) is 38.8 Å². The SMILES string of the molecule is CCN1C(=O)C(Br)CC=C1c1ccc(OCOC)cc1. The zero-order chi connectivity index (χ0) is 14.5. The Bertz CT molecular complexity index is 498. The van der Waals surface area contributed by atoms with Gasteiger partial charge in [0.1, 0.15) is 5.75 Å². The molecule has 0 aliphatic carbocycles. The van der Waals surface area contributed by atoms with E-state index < -0.39 is 0 Å². The van der Waals surface area contributed by atoms with E-state index in [4.69, 9.17) is 9.47 Å². The molecule has 1 atom stereocenters. The third-order valence-corrected chi connectivity index (χ3v) is 3.92. The van der Waals surface area contributed by atoms with Crippen LogP contribution in [0.2, 0.25) is 0 Å². The van der Waals surface area contributed by atoms with Gasteiger partial charge in [0, 0.05) is 19.4 Å². The molecule has 0 radical (unpaired) electrons. The molecule has 4 nitrogen and oxygen atoms in total. The van der Waals surface area contributed by atoms with Crippen molar-refractivity contribution in [2.45, 2.75) is 18.2 Å². The van der Waals surface area contributed by atoms with Crippen molar-refractivity contribution < 1.29 is 14.3 Å². The molecule has 108 valence electrons. The largest absolute Gasteiger partial charge is 0.468 e. The molecule has 5 heteroatoms. The first kappa shape index (κ1) is 15.1. The van der Waals surface area contributed by atoms with Gasteiger partial charge in [-0.25, -0.2) is 0 Å². The van der Waals surface area contributed by atoms with Crippen LogP contribution in [0.3, 0.4) is 0 Å². The standard InChI is InChI=1S/C15H18BrNO3/c1-3-17-14(9-8-13(16)15(17)18)11-4-6-12(7-5-11)20-10-19-2/h4-7,9,13H,3,8,10H2,1-2H3. The van der Waals surface area contributed by atoms with E-state index >= 15 is 0 Å². The van der Waals surface area contributed by atoms with Crippen LogP contribution in [0.4, 0.5) is 0 Å². The molecule has 0 spiro atoms. The summed E-state index contributed by atoms with van der Waals surface area (Å²) in [6, 6.07) is 7.68. The van der Waals surface area contributed by atoms with Crippen LogP contribution in [0.25, 0.3) is 5.70 Å². The molecule has 0 saturated heterocycles. The maximum atomic E-state index is 12.1. The number of amides is 1. The van der Waals surface area contributed by atoms with E-state index in [0.29, 0.717) is 13.0 Å². The summed E-state index contributed by atoms with van der Waals surface area (Å²) in [4.78, 5) is 13.8. The van der Waals surface area contributed by atoms with Gasteiger partial charge in [0.05, 0.1) is 4.83 Å². The van der Waals surface area contributed by atoms with Crippen LogP contribution in [0.15, 0.2) is 30.3 Å². The first-order valence-corrected chi connectivity index (χ1v) is 7.46. The summed E-state index contributed by atoms with van der Waals surface area (Å²) in [5.74, 6) is 0.865. The fraction of sp³-hybridized carbons (Fsp3) is 0.400. The van der Waals surface area contributed by atoms with Gasteiger partial charge in [-0.3, -0.25) is 4.79 Å². The van der Waals surface area contributed by atoms with Crippen molar-refractivity contribution >= 4 is 27.5 Å². The van der Waals surface area contributed by atoms with Gasteiger partial charge >= 0.3 is 0 Å². The van der Waals surface area contributed by atoms with E-state index in [9.17, 15) is 4.79 Å². The van der Waals surface area contributed by atoms with Crippen molar-refractivity contribution in [1.29, 1.82) is 0 Å². The Kier molecular flexibility index (Phi) is 5.20. The summed E-state index contributed by atoms with van der Waals surface area (Å²) >= 11 is 3.41. The normalized spacial score (nSPS) is 18.9. The summed E-state index contributed by atoms with van der Waals surface area (Å²) in [7, 11) is 1.59. The molecule has 0 N–H and O–H groups in total. The van der Waals surface area contributed by atoms with Gasteiger partial charge in [-0.05, 0) is 43.2 Å². The lowest BCUT2D eigenvalue weighted by molar-refractivity contribution is -0.127. The number of halogens is 1. The summed E-state index contributed by atoms with van der Waals surface area (Å²) < 4.78 is 10.2. The summed E-state index contributed by atoms with van der Waals surface area (Å²) in [5.41, 5.74) is 1.98. The molecule has 0 bridgehead atoms. The molecule has 20 heavy (non-hydrogen) atoms. The third-order valence-electron chi connectivity index (χ3n) is 3.15.